The van der Waals surface area contributed by atoms with E-state index in [0.717, 1.165) is 0 Å². The van der Waals surface area contributed by atoms with Crippen molar-refractivity contribution >= 4 is 18.3 Å². The number of β-amino-alcohol motifs (C(OH)–C–C–N with tert-alkyl or cyclic N) is 1. The highest BCUT2D eigenvalue weighted by atomic mass is 16.6. The van der Waals surface area contributed by atoms with E-state index in [9.17, 15) is 19.5 Å². The van der Waals surface area contributed by atoms with Crippen molar-refractivity contribution in [3.63, 3.8) is 0 Å². The van der Waals surface area contributed by atoms with Crippen LogP contribution in [-0.4, -0.2) is 59.1 Å². The SMILES string of the molecule is CC(C)(C)OC(=O)NCC(=O)N1CC(O)CC1C=O. The number of nitrogens with one attached hydrogen (secondary N) is 1. The van der Waals surface area contributed by atoms with E-state index in [-0.39, 0.29) is 19.5 Å². The van der Waals surface area contributed by atoms with Crippen LogP contribution in [0.2, 0.25) is 0 Å². The Balaban J connectivity index is 2.43. The second kappa shape index (κ2) is 6.01. The highest BCUT2D eigenvalue weighted by molar-refractivity contribution is 5.85. The summed E-state index contributed by atoms with van der Waals surface area (Å²) in [7, 11) is 0. The normalized spacial score (nSPS) is 23.1. The molecule has 19 heavy (non-hydrogen) atoms. The third kappa shape index (κ3) is 4.86. The van der Waals surface area contributed by atoms with Crippen molar-refractivity contribution in [1.29, 1.82) is 0 Å². The second-order valence-corrected chi connectivity index (χ2v) is 5.49. The fourth-order valence-corrected chi connectivity index (χ4v) is 1.82. The number of aldehydes is 1. The van der Waals surface area contributed by atoms with E-state index in [0.29, 0.717) is 6.29 Å². The van der Waals surface area contributed by atoms with Gasteiger partial charge >= 0.3 is 6.09 Å². The van der Waals surface area contributed by atoms with Crippen LogP contribution in [0.3, 0.4) is 0 Å². The van der Waals surface area contributed by atoms with Crippen molar-refractivity contribution in [3.05, 3.63) is 0 Å². The van der Waals surface area contributed by atoms with E-state index in [2.05, 4.69) is 5.32 Å². The first-order valence-electron chi connectivity index (χ1n) is 6.12. The summed E-state index contributed by atoms with van der Waals surface area (Å²) in [6.07, 6.45) is -0.521. The van der Waals surface area contributed by atoms with Gasteiger partial charge < -0.3 is 24.9 Å². The molecule has 2 amide bonds. The van der Waals surface area contributed by atoms with Crippen LogP contribution in [0.5, 0.6) is 0 Å². The molecule has 0 aromatic rings. The summed E-state index contributed by atoms with van der Waals surface area (Å²) in [5, 5.41) is 11.7. The van der Waals surface area contributed by atoms with Gasteiger partial charge in [-0.3, -0.25) is 4.79 Å². The van der Waals surface area contributed by atoms with E-state index in [1.54, 1.807) is 20.8 Å². The smallest absolute Gasteiger partial charge is 0.408 e. The molecule has 0 spiro atoms. The predicted octanol–water partition coefficient (Wildman–Crippen LogP) is -0.328. The molecular formula is C12H20N2O5. The first kappa shape index (κ1) is 15.4. The molecule has 0 bridgehead atoms. The first-order valence-corrected chi connectivity index (χ1v) is 6.12. The van der Waals surface area contributed by atoms with Crippen LogP contribution < -0.4 is 5.32 Å². The zero-order valence-electron chi connectivity index (χ0n) is 11.4. The molecule has 0 aromatic heterocycles. The van der Waals surface area contributed by atoms with Gasteiger partial charge in [-0.05, 0) is 20.8 Å². The fraction of sp³-hybridized carbons (Fsp3) is 0.750. The summed E-state index contributed by atoms with van der Waals surface area (Å²) in [6, 6.07) is -0.622. The van der Waals surface area contributed by atoms with Crippen LogP contribution in [0.4, 0.5) is 4.79 Å². The van der Waals surface area contributed by atoms with Crippen molar-refractivity contribution in [2.24, 2.45) is 0 Å². The lowest BCUT2D eigenvalue weighted by Crippen LogP contribution is -2.44. The number of aliphatic hydroxyl groups excluding tert-OH is 1. The minimum atomic E-state index is -0.694. The molecule has 1 aliphatic heterocycles. The average molecular weight is 272 g/mol. The molecule has 0 saturated carbocycles. The van der Waals surface area contributed by atoms with Crippen LogP contribution in [-0.2, 0) is 14.3 Å². The molecule has 1 heterocycles. The number of hydrogen-bond acceptors (Lipinski definition) is 5. The molecule has 108 valence electrons. The molecule has 1 rings (SSSR count). The average Bonchev–Trinajstić information content (AvgIpc) is 2.65. The fourth-order valence-electron chi connectivity index (χ4n) is 1.82. The molecule has 2 unspecified atom stereocenters. The van der Waals surface area contributed by atoms with Gasteiger partial charge in [0.15, 0.2) is 0 Å². The van der Waals surface area contributed by atoms with Gasteiger partial charge in [-0.1, -0.05) is 0 Å². The highest BCUT2D eigenvalue weighted by Crippen LogP contribution is 2.16. The monoisotopic (exact) mass is 272 g/mol. The van der Waals surface area contributed by atoms with Crippen LogP contribution in [0.15, 0.2) is 0 Å². The van der Waals surface area contributed by atoms with E-state index < -0.39 is 29.7 Å². The van der Waals surface area contributed by atoms with Gasteiger partial charge in [0, 0.05) is 13.0 Å². The van der Waals surface area contributed by atoms with Crippen molar-refractivity contribution in [2.75, 3.05) is 13.1 Å². The van der Waals surface area contributed by atoms with Crippen LogP contribution in [0.25, 0.3) is 0 Å². The van der Waals surface area contributed by atoms with Gasteiger partial charge in [0.25, 0.3) is 0 Å². The van der Waals surface area contributed by atoms with Gasteiger partial charge in [0.05, 0.1) is 12.1 Å². The van der Waals surface area contributed by atoms with Gasteiger partial charge in [0.1, 0.15) is 18.4 Å². The molecule has 1 aliphatic rings. The number of aliphatic hydroxyl groups is 1. The minimum absolute atomic E-state index is 0.109. The Hall–Kier alpha value is -1.63. The molecular weight excluding hydrogens is 252 g/mol. The molecule has 1 saturated heterocycles. The van der Waals surface area contributed by atoms with Crippen molar-refractivity contribution in [2.45, 2.75) is 44.9 Å². The predicted molar refractivity (Wildman–Crippen MR) is 66.4 cm³/mol. The molecule has 0 radical (unpaired) electrons. The minimum Gasteiger partial charge on any atom is -0.444 e. The number of carbonyl (C=O) groups excluding carboxylic acids is 3. The first-order chi connectivity index (χ1) is 8.73. The van der Waals surface area contributed by atoms with Crippen LogP contribution in [0, 0.1) is 0 Å². The van der Waals surface area contributed by atoms with E-state index in [4.69, 9.17) is 4.74 Å². The van der Waals surface area contributed by atoms with Crippen molar-refractivity contribution < 1.29 is 24.2 Å². The largest absolute Gasteiger partial charge is 0.444 e. The lowest BCUT2D eigenvalue weighted by atomic mass is 10.2. The topological polar surface area (TPSA) is 95.9 Å². The van der Waals surface area contributed by atoms with Crippen molar-refractivity contribution in [3.8, 4) is 0 Å². The molecule has 1 fully saturated rings. The summed E-state index contributed by atoms with van der Waals surface area (Å²) in [5.41, 5.74) is -0.637. The summed E-state index contributed by atoms with van der Waals surface area (Å²) in [5.74, 6) is -0.417. The third-order valence-corrected chi connectivity index (χ3v) is 2.58. The number of likely N-dealkylation sites (tertiary alicyclic amines) is 1. The van der Waals surface area contributed by atoms with E-state index in [1.807, 2.05) is 0 Å². The number of amides is 2. The van der Waals surface area contributed by atoms with E-state index in [1.165, 1.54) is 4.90 Å². The molecule has 7 heteroatoms. The summed E-state index contributed by atoms with van der Waals surface area (Å²) in [4.78, 5) is 35.2. The number of nitrogens with zero attached hydrogens (tertiary/aromatic N) is 1. The summed E-state index contributed by atoms with van der Waals surface area (Å²) in [6.45, 7) is 5.00. The number of rotatable bonds is 3. The zero-order valence-corrected chi connectivity index (χ0v) is 11.4. The second-order valence-electron chi connectivity index (χ2n) is 5.49. The van der Waals surface area contributed by atoms with Crippen LogP contribution in [0.1, 0.15) is 27.2 Å². The number of hydrogen-bond donors (Lipinski definition) is 2. The molecule has 7 nitrogen and oxygen atoms in total. The number of ether oxygens (including phenoxy) is 1. The number of alkyl carbamates (subject to hydrolysis) is 1. The third-order valence-electron chi connectivity index (χ3n) is 2.58. The van der Waals surface area contributed by atoms with Crippen LogP contribution >= 0.6 is 0 Å². The Bertz CT molecular complexity index is 364. The Morgan fingerprint density at radius 1 is 1.47 bits per heavy atom. The van der Waals surface area contributed by atoms with Gasteiger partial charge in [-0.2, -0.15) is 0 Å². The standard InChI is InChI=1S/C12H20N2O5/c1-12(2,3)19-11(18)13-5-10(17)14-6-9(16)4-8(14)7-15/h7-9,16H,4-6H2,1-3H3,(H,13,18). The van der Waals surface area contributed by atoms with E-state index >= 15 is 0 Å². The maximum Gasteiger partial charge on any atom is 0.408 e. The maximum absolute atomic E-state index is 11.8. The lowest BCUT2D eigenvalue weighted by Gasteiger charge is -2.22. The lowest BCUT2D eigenvalue weighted by molar-refractivity contribution is -0.133. The molecule has 2 N–H and O–H groups in total. The molecule has 2 atom stereocenters. The maximum atomic E-state index is 11.8. The van der Waals surface area contributed by atoms with Gasteiger partial charge in [0.2, 0.25) is 5.91 Å². The Morgan fingerprint density at radius 3 is 2.63 bits per heavy atom. The Kier molecular flexibility index (Phi) is 4.88. The summed E-state index contributed by atoms with van der Waals surface area (Å²) >= 11 is 0. The molecule has 0 aromatic carbocycles. The van der Waals surface area contributed by atoms with Gasteiger partial charge in [-0.25, -0.2) is 4.79 Å². The Labute approximate surface area is 111 Å². The zero-order chi connectivity index (χ0) is 14.6. The molecule has 0 aliphatic carbocycles. The highest BCUT2D eigenvalue weighted by Gasteiger charge is 2.34. The number of carbonyl (C=O) groups is 3. The quantitative estimate of drug-likeness (QED) is 0.686. The summed E-state index contributed by atoms with van der Waals surface area (Å²) < 4.78 is 4.99. The van der Waals surface area contributed by atoms with Crippen molar-refractivity contribution in [1.82, 2.24) is 10.2 Å². The Morgan fingerprint density at radius 2 is 2.11 bits per heavy atom. The van der Waals surface area contributed by atoms with Gasteiger partial charge in [-0.15, -0.1) is 0 Å².